The number of nitrogens with one attached hydrogen (secondary N) is 2. The zero-order chi connectivity index (χ0) is 12.0. The number of carbonyl (C=O) groups excluding carboxylic acids is 1. The molecule has 0 aromatic heterocycles. The molecule has 0 spiro atoms. The first kappa shape index (κ1) is 13.5. The minimum absolute atomic E-state index is 0.149. The van der Waals surface area contributed by atoms with E-state index in [4.69, 9.17) is 0 Å². The maximum Gasteiger partial charge on any atom is 0.234 e. The first-order valence-corrected chi connectivity index (χ1v) is 6.37. The van der Waals surface area contributed by atoms with Crippen LogP contribution < -0.4 is 10.7 Å². The Balaban J connectivity index is 2.30. The highest BCUT2D eigenvalue weighted by Gasteiger charge is 2.25. The summed E-state index contributed by atoms with van der Waals surface area (Å²) in [6.45, 7) is 5.27. The van der Waals surface area contributed by atoms with Crippen molar-refractivity contribution >= 4 is 5.91 Å². The largest absolute Gasteiger partial charge is 0.320 e. The summed E-state index contributed by atoms with van der Waals surface area (Å²) in [6.07, 6.45) is 5.15. The Labute approximate surface area is 98.7 Å². The van der Waals surface area contributed by atoms with Gasteiger partial charge in [-0.05, 0) is 46.7 Å². The maximum absolute atomic E-state index is 11.7. The van der Waals surface area contributed by atoms with Gasteiger partial charge in [-0.3, -0.25) is 10.2 Å². The van der Waals surface area contributed by atoms with E-state index in [1.165, 1.54) is 19.3 Å². The van der Waals surface area contributed by atoms with E-state index in [0.29, 0.717) is 18.5 Å². The molecule has 0 aromatic rings. The van der Waals surface area contributed by atoms with Crippen molar-refractivity contribution in [2.75, 3.05) is 13.6 Å². The summed E-state index contributed by atoms with van der Waals surface area (Å²) < 4.78 is 0. The normalized spacial score (nSPS) is 26.7. The van der Waals surface area contributed by atoms with Gasteiger partial charge in [0.05, 0.1) is 0 Å². The first-order valence-electron chi connectivity index (χ1n) is 6.37. The van der Waals surface area contributed by atoms with E-state index in [2.05, 4.69) is 29.6 Å². The lowest BCUT2D eigenvalue weighted by Gasteiger charge is -2.38. The fourth-order valence-corrected chi connectivity index (χ4v) is 2.27. The van der Waals surface area contributed by atoms with E-state index in [9.17, 15) is 4.79 Å². The number of rotatable bonds is 5. The number of nitrogens with zero attached hydrogens (tertiary/aromatic N) is 1. The predicted octanol–water partition coefficient (Wildman–Crippen LogP) is 1.28. The average Bonchev–Trinajstić information content (AvgIpc) is 2.24. The molecule has 1 aliphatic rings. The van der Waals surface area contributed by atoms with Gasteiger partial charge in [-0.1, -0.05) is 6.42 Å². The zero-order valence-corrected chi connectivity index (χ0v) is 10.8. The molecule has 2 N–H and O–H groups in total. The summed E-state index contributed by atoms with van der Waals surface area (Å²) in [7, 11) is 1.91. The molecule has 94 valence electrons. The highest BCUT2D eigenvalue weighted by Crippen LogP contribution is 2.20. The van der Waals surface area contributed by atoms with Crippen LogP contribution in [-0.4, -0.2) is 36.6 Å². The molecule has 0 bridgehead atoms. The van der Waals surface area contributed by atoms with E-state index in [1.807, 2.05) is 7.05 Å². The van der Waals surface area contributed by atoms with E-state index < -0.39 is 0 Å². The lowest BCUT2D eigenvalue weighted by atomic mass is 10.00. The van der Waals surface area contributed by atoms with Crippen molar-refractivity contribution < 1.29 is 4.79 Å². The fraction of sp³-hybridized carbons (Fsp3) is 0.917. The molecule has 2 atom stereocenters. The van der Waals surface area contributed by atoms with Gasteiger partial charge in [0.15, 0.2) is 0 Å². The summed E-state index contributed by atoms with van der Waals surface area (Å²) >= 11 is 0. The third-order valence-electron chi connectivity index (χ3n) is 3.28. The minimum atomic E-state index is 0.149. The number of piperidine rings is 1. The minimum Gasteiger partial charge on any atom is -0.320 e. The smallest absolute Gasteiger partial charge is 0.234 e. The van der Waals surface area contributed by atoms with E-state index in [-0.39, 0.29) is 5.91 Å². The Hall–Kier alpha value is -0.610. The van der Waals surface area contributed by atoms with Crippen molar-refractivity contribution in [3.8, 4) is 0 Å². The Morgan fingerprint density at radius 1 is 1.31 bits per heavy atom. The van der Waals surface area contributed by atoms with Crippen molar-refractivity contribution in [3.63, 3.8) is 0 Å². The molecule has 1 aliphatic heterocycles. The van der Waals surface area contributed by atoms with Crippen molar-refractivity contribution in [1.29, 1.82) is 0 Å². The van der Waals surface area contributed by atoms with Crippen molar-refractivity contribution in [1.82, 2.24) is 15.8 Å². The second kappa shape index (κ2) is 6.86. The van der Waals surface area contributed by atoms with Gasteiger partial charge in [0.1, 0.15) is 0 Å². The van der Waals surface area contributed by atoms with Gasteiger partial charge in [0.2, 0.25) is 5.91 Å². The quantitative estimate of drug-likeness (QED) is 0.695. The molecular formula is C12H25N3O. The molecule has 1 rings (SSSR count). The molecule has 16 heavy (non-hydrogen) atoms. The molecule has 4 heteroatoms. The van der Waals surface area contributed by atoms with Crippen LogP contribution in [0.15, 0.2) is 0 Å². The summed E-state index contributed by atoms with van der Waals surface area (Å²) in [4.78, 5) is 11.7. The lowest BCUT2D eigenvalue weighted by molar-refractivity contribution is -0.129. The molecule has 0 aromatic carbocycles. The molecule has 0 radical (unpaired) electrons. The standard InChI is InChI=1S/C12H25N3O/c1-10-6-4-7-11(2)15(10)14-12(16)8-5-9-13-3/h10-11,13H,4-9H2,1-3H3,(H,14,16). The molecule has 0 saturated carbocycles. The van der Waals surface area contributed by atoms with Crippen LogP contribution in [-0.2, 0) is 4.79 Å². The third-order valence-corrected chi connectivity index (χ3v) is 3.28. The zero-order valence-electron chi connectivity index (χ0n) is 10.8. The molecule has 4 nitrogen and oxygen atoms in total. The fourth-order valence-electron chi connectivity index (χ4n) is 2.27. The lowest BCUT2D eigenvalue weighted by Crippen LogP contribution is -2.54. The molecule has 1 saturated heterocycles. The Morgan fingerprint density at radius 3 is 2.50 bits per heavy atom. The van der Waals surface area contributed by atoms with E-state index in [0.717, 1.165) is 13.0 Å². The van der Waals surface area contributed by atoms with Gasteiger partial charge < -0.3 is 5.32 Å². The van der Waals surface area contributed by atoms with Crippen LogP contribution >= 0.6 is 0 Å². The third kappa shape index (κ3) is 4.10. The van der Waals surface area contributed by atoms with E-state index >= 15 is 0 Å². The highest BCUT2D eigenvalue weighted by atomic mass is 16.2. The highest BCUT2D eigenvalue weighted by molar-refractivity contribution is 5.75. The molecular weight excluding hydrogens is 202 g/mol. The Kier molecular flexibility index (Phi) is 5.77. The number of hydrazine groups is 1. The monoisotopic (exact) mass is 227 g/mol. The van der Waals surface area contributed by atoms with Crippen molar-refractivity contribution in [2.24, 2.45) is 0 Å². The average molecular weight is 227 g/mol. The van der Waals surface area contributed by atoms with Crippen LogP contribution in [0.1, 0.15) is 46.0 Å². The second-order valence-electron chi connectivity index (χ2n) is 4.78. The van der Waals surface area contributed by atoms with E-state index in [1.54, 1.807) is 0 Å². The number of carbonyl (C=O) groups is 1. The molecule has 1 fully saturated rings. The van der Waals surface area contributed by atoms with Crippen LogP contribution in [0.2, 0.25) is 0 Å². The van der Waals surface area contributed by atoms with Gasteiger partial charge in [-0.15, -0.1) is 0 Å². The number of hydrogen-bond donors (Lipinski definition) is 2. The molecule has 2 unspecified atom stereocenters. The number of amides is 1. The van der Waals surface area contributed by atoms with Gasteiger partial charge in [0.25, 0.3) is 0 Å². The van der Waals surface area contributed by atoms with Crippen LogP contribution in [0.5, 0.6) is 0 Å². The molecule has 1 heterocycles. The Bertz CT molecular complexity index is 210. The predicted molar refractivity (Wildman–Crippen MR) is 65.9 cm³/mol. The maximum atomic E-state index is 11.7. The summed E-state index contributed by atoms with van der Waals surface area (Å²) in [5.74, 6) is 0.149. The molecule has 0 aliphatic carbocycles. The van der Waals surface area contributed by atoms with Crippen molar-refractivity contribution in [3.05, 3.63) is 0 Å². The molecule has 1 amide bonds. The summed E-state index contributed by atoms with van der Waals surface area (Å²) in [5.41, 5.74) is 3.04. The van der Waals surface area contributed by atoms with Crippen molar-refractivity contribution in [2.45, 2.75) is 58.0 Å². The van der Waals surface area contributed by atoms with Crippen LogP contribution in [0.25, 0.3) is 0 Å². The summed E-state index contributed by atoms with van der Waals surface area (Å²) in [6, 6.07) is 0.939. The van der Waals surface area contributed by atoms with Gasteiger partial charge in [0, 0.05) is 18.5 Å². The SMILES string of the molecule is CNCCCC(=O)NN1C(C)CCCC1C. The van der Waals surface area contributed by atoms with Crippen LogP contribution in [0.4, 0.5) is 0 Å². The summed E-state index contributed by atoms with van der Waals surface area (Å²) in [5, 5.41) is 5.18. The number of hydrogen-bond acceptors (Lipinski definition) is 3. The van der Waals surface area contributed by atoms with Gasteiger partial charge in [-0.2, -0.15) is 0 Å². The van der Waals surface area contributed by atoms with Crippen LogP contribution in [0, 0.1) is 0 Å². The Morgan fingerprint density at radius 2 is 1.94 bits per heavy atom. The van der Waals surface area contributed by atoms with Gasteiger partial charge in [-0.25, -0.2) is 5.01 Å². The first-order chi connectivity index (χ1) is 7.65. The van der Waals surface area contributed by atoms with Crippen LogP contribution in [0.3, 0.4) is 0 Å². The second-order valence-corrected chi connectivity index (χ2v) is 4.78. The van der Waals surface area contributed by atoms with Gasteiger partial charge >= 0.3 is 0 Å². The topological polar surface area (TPSA) is 44.4 Å².